The maximum absolute atomic E-state index is 11.7. The smallest absolute Gasteiger partial charge is 0.260 e. The number of H-pyrrole nitrogens is 1. The van der Waals surface area contributed by atoms with Gasteiger partial charge in [0.2, 0.25) is 5.95 Å². The Morgan fingerprint density at radius 2 is 2.19 bits per heavy atom. The van der Waals surface area contributed by atoms with Crippen molar-refractivity contribution in [3.05, 3.63) is 34.6 Å². The Hall–Kier alpha value is -1.84. The Balaban J connectivity index is 1.96. The molecule has 1 aromatic heterocycles. The van der Waals surface area contributed by atoms with E-state index in [1.54, 1.807) is 6.07 Å². The monoisotopic (exact) mass is 215 g/mol. The molecule has 1 fully saturated rings. The van der Waals surface area contributed by atoms with Crippen LogP contribution in [0.4, 0.5) is 5.95 Å². The fourth-order valence-electron chi connectivity index (χ4n) is 1.73. The lowest BCUT2D eigenvalue weighted by atomic mass is 10.2. The molecule has 0 atom stereocenters. The zero-order chi connectivity index (χ0) is 11.0. The summed E-state index contributed by atoms with van der Waals surface area (Å²) < 4.78 is 0. The van der Waals surface area contributed by atoms with Gasteiger partial charge in [0.05, 0.1) is 10.9 Å². The third-order valence-electron chi connectivity index (χ3n) is 2.87. The Morgan fingerprint density at radius 1 is 1.38 bits per heavy atom. The van der Waals surface area contributed by atoms with E-state index in [-0.39, 0.29) is 5.56 Å². The number of fused-ring (bicyclic) bond motifs is 1. The lowest BCUT2D eigenvalue weighted by molar-refractivity contribution is 0.874. The van der Waals surface area contributed by atoms with Gasteiger partial charge in [0.15, 0.2) is 0 Å². The number of benzene rings is 1. The summed E-state index contributed by atoms with van der Waals surface area (Å²) in [6.45, 7) is 0.904. The van der Waals surface area contributed by atoms with Crippen LogP contribution in [0.2, 0.25) is 0 Å². The van der Waals surface area contributed by atoms with Crippen LogP contribution < -0.4 is 10.9 Å². The maximum Gasteiger partial charge on any atom is 0.260 e. The molecule has 16 heavy (non-hydrogen) atoms. The number of nitrogens with one attached hydrogen (secondary N) is 2. The Labute approximate surface area is 92.7 Å². The van der Waals surface area contributed by atoms with E-state index in [2.05, 4.69) is 15.3 Å². The van der Waals surface area contributed by atoms with Crippen LogP contribution in [-0.2, 0) is 0 Å². The number of anilines is 1. The predicted octanol–water partition coefficient (Wildman–Crippen LogP) is 1.75. The van der Waals surface area contributed by atoms with Crippen molar-refractivity contribution >= 4 is 16.9 Å². The van der Waals surface area contributed by atoms with Crippen LogP contribution in [0.25, 0.3) is 10.9 Å². The fraction of sp³-hybridized carbons (Fsp3) is 0.333. The second kappa shape index (κ2) is 3.63. The molecule has 1 aliphatic rings. The molecular formula is C12H13N3O. The minimum absolute atomic E-state index is 0.0797. The molecule has 1 saturated carbocycles. The third-order valence-corrected chi connectivity index (χ3v) is 2.87. The number of aromatic amines is 1. The molecule has 0 bridgehead atoms. The zero-order valence-electron chi connectivity index (χ0n) is 8.86. The summed E-state index contributed by atoms with van der Waals surface area (Å²) in [7, 11) is 0. The van der Waals surface area contributed by atoms with Crippen LogP contribution in [0, 0.1) is 5.92 Å². The average molecular weight is 215 g/mol. The van der Waals surface area contributed by atoms with Gasteiger partial charge in [-0.05, 0) is 30.9 Å². The summed E-state index contributed by atoms with van der Waals surface area (Å²) in [5.74, 6) is 1.34. The van der Waals surface area contributed by atoms with Gasteiger partial charge in [-0.2, -0.15) is 0 Å². The third kappa shape index (κ3) is 1.78. The Bertz CT molecular complexity index is 572. The van der Waals surface area contributed by atoms with Gasteiger partial charge in [0.1, 0.15) is 0 Å². The molecule has 1 aliphatic carbocycles. The lowest BCUT2D eigenvalue weighted by Crippen LogP contribution is -2.14. The molecule has 0 saturated heterocycles. The molecule has 3 rings (SSSR count). The van der Waals surface area contributed by atoms with E-state index < -0.39 is 0 Å². The summed E-state index contributed by atoms with van der Waals surface area (Å²) in [6.07, 6.45) is 2.57. The van der Waals surface area contributed by atoms with Crippen molar-refractivity contribution < 1.29 is 0 Å². The molecule has 82 valence electrons. The molecule has 2 aromatic rings. The van der Waals surface area contributed by atoms with Gasteiger partial charge in [-0.1, -0.05) is 12.1 Å². The highest BCUT2D eigenvalue weighted by Gasteiger charge is 2.20. The number of aromatic nitrogens is 2. The first kappa shape index (κ1) is 9.39. The van der Waals surface area contributed by atoms with Crippen LogP contribution >= 0.6 is 0 Å². The number of nitrogens with zero attached hydrogens (tertiary/aromatic N) is 1. The zero-order valence-corrected chi connectivity index (χ0v) is 8.86. The van der Waals surface area contributed by atoms with Crippen molar-refractivity contribution in [3.63, 3.8) is 0 Å². The summed E-state index contributed by atoms with van der Waals surface area (Å²) in [4.78, 5) is 18.8. The largest absolute Gasteiger partial charge is 0.355 e. The van der Waals surface area contributed by atoms with Crippen LogP contribution in [0.5, 0.6) is 0 Å². The van der Waals surface area contributed by atoms with Gasteiger partial charge in [0, 0.05) is 6.54 Å². The maximum atomic E-state index is 11.7. The highest BCUT2D eigenvalue weighted by molar-refractivity contribution is 5.78. The van der Waals surface area contributed by atoms with Gasteiger partial charge in [0.25, 0.3) is 5.56 Å². The molecule has 1 heterocycles. The Morgan fingerprint density at radius 3 is 3.00 bits per heavy atom. The number of rotatable bonds is 3. The van der Waals surface area contributed by atoms with E-state index in [9.17, 15) is 4.79 Å². The molecule has 4 nitrogen and oxygen atoms in total. The van der Waals surface area contributed by atoms with Crippen LogP contribution in [-0.4, -0.2) is 16.5 Å². The van der Waals surface area contributed by atoms with Crippen molar-refractivity contribution in [2.24, 2.45) is 5.92 Å². The fourth-order valence-corrected chi connectivity index (χ4v) is 1.73. The highest BCUT2D eigenvalue weighted by Crippen LogP contribution is 2.28. The molecule has 2 N–H and O–H groups in total. The minimum atomic E-state index is -0.0797. The van der Waals surface area contributed by atoms with E-state index in [0.29, 0.717) is 11.3 Å². The highest BCUT2D eigenvalue weighted by atomic mass is 16.1. The normalized spacial score (nSPS) is 15.2. The second-order valence-electron chi connectivity index (χ2n) is 4.26. The van der Waals surface area contributed by atoms with Crippen LogP contribution in [0.15, 0.2) is 29.1 Å². The van der Waals surface area contributed by atoms with Crippen LogP contribution in [0.3, 0.4) is 0 Å². The topological polar surface area (TPSA) is 57.8 Å². The average Bonchev–Trinajstić information content (AvgIpc) is 3.10. The summed E-state index contributed by atoms with van der Waals surface area (Å²) in [5, 5.41) is 3.81. The van der Waals surface area contributed by atoms with E-state index in [4.69, 9.17) is 0 Å². The molecule has 1 aromatic carbocycles. The standard InChI is InChI=1S/C12H13N3O/c16-11-9-3-1-2-4-10(9)14-12(15-11)13-7-8-5-6-8/h1-4,8H,5-7H2,(H2,13,14,15,16). The quantitative estimate of drug-likeness (QED) is 0.820. The van der Waals surface area contributed by atoms with E-state index in [1.807, 2.05) is 18.2 Å². The molecular weight excluding hydrogens is 202 g/mol. The predicted molar refractivity (Wildman–Crippen MR) is 63.6 cm³/mol. The lowest BCUT2D eigenvalue weighted by Gasteiger charge is -2.04. The number of hydrogen-bond acceptors (Lipinski definition) is 3. The van der Waals surface area contributed by atoms with Crippen LogP contribution in [0.1, 0.15) is 12.8 Å². The molecule has 0 spiro atoms. The molecule has 0 aliphatic heterocycles. The summed E-state index contributed by atoms with van der Waals surface area (Å²) in [5.41, 5.74) is 0.661. The van der Waals surface area contributed by atoms with E-state index in [1.165, 1.54) is 12.8 Å². The van der Waals surface area contributed by atoms with Gasteiger partial charge in [-0.25, -0.2) is 4.98 Å². The van der Waals surface area contributed by atoms with Gasteiger partial charge in [-0.15, -0.1) is 0 Å². The van der Waals surface area contributed by atoms with Gasteiger partial charge < -0.3 is 5.32 Å². The first-order chi connectivity index (χ1) is 7.83. The SMILES string of the molecule is O=c1[nH]c(NCC2CC2)nc2ccccc12. The number of para-hydroxylation sites is 1. The van der Waals surface area contributed by atoms with Crippen molar-refractivity contribution in [2.45, 2.75) is 12.8 Å². The molecule has 4 heteroatoms. The number of hydrogen-bond donors (Lipinski definition) is 2. The Kier molecular flexibility index (Phi) is 2.13. The van der Waals surface area contributed by atoms with E-state index in [0.717, 1.165) is 18.0 Å². The van der Waals surface area contributed by atoms with Crippen molar-refractivity contribution in [3.8, 4) is 0 Å². The van der Waals surface area contributed by atoms with Crippen molar-refractivity contribution in [2.75, 3.05) is 11.9 Å². The molecule has 0 radical (unpaired) electrons. The van der Waals surface area contributed by atoms with Crippen molar-refractivity contribution in [1.29, 1.82) is 0 Å². The summed E-state index contributed by atoms with van der Waals surface area (Å²) >= 11 is 0. The van der Waals surface area contributed by atoms with Gasteiger partial charge in [-0.3, -0.25) is 9.78 Å². The summed E-state index contributed by atoms with van der Waals surface area (Å²) in [6, 6.07) is 7.37. The van der Waals surface area contributed by atoms with Gasteiger partial charge >= 0.3 is 0 Å². The van der Waals surface area contributed by atoms with E-state index >= 15 is 0 Å². The minimum Gasteiger partial charge on any atom is -0.355 e. The molecule has 0 unspecified atom stereocenters. The first-order valence-corrected chi connectivity index (χ1v) is 5.56. The molecule has 0 amide bonds. The van der Waals surface area contributed by atoms with Crippen molar-refractivity contribution in [1.82, 2.24) is 9.97 Å². The first-order valence-electron chi connectivity index (χ1n) is 5.56. The second-order valence-corrected chi connectivity index (χ2v) is 4.26.